The van der Waals surface area contributed by atoms with Gasteiger partial charge < -0.3 is 5.11 Å². The SMILES string of the molecule is [2H]C1([2H])CC(C([2H])([2H])C(=O)O)C([2H])(C/C=C/CC)C1=O. The first kappa shape index (κ1) is 6.46. The number of carbonyl (C=O) groups excluding carboxylic acids is 1. The minimum atomic E-state index is -2.82. The summed E-state index contributed by atoms with van der Waals surface area (Å²) in [5.41, 5.74) is 0. The Morgan fingerprint density at radius 1 is 1.80 bits per heavy atom. The lowest BCUT2D eigenvalue weighted by atomic mass is 9.89. The second-order valence-electron chi connectivity index (χ2n) is 3.32. The Morgan fingerprint density at radius 2 is 2.53 bits per heavy atom. The van der Waals surface area contributed by atoms with Crippen LogP contribution in [0.1, 0.15) is 45.8 Å². The molecule has 0 aromatic carbocycles. The van der Waals surface area contributed by atoms with Crippen molar-refractivity contribution < 1.29 is 21.5 Å². The maximum Gasteiger partial charge on any atom is 0.303 e. The Balaban J connectivity index is 3.23. The number of hydrogen-bond acceptors (Lipinski definition) is 2. The molecule has 15 heavy (non-hydrogen) atoms. The van der Waals surface area contributed by atoms with Crippen molar-refractivity contribution in [2.45, 2.75) is 38.9 Å². The van der Waals surface area contributed by atoms with Crippen LogP contribution in [0.15, 0.2) is 12.2 Å². The smallest absolute Gasteiger partial charge is 0.303 e. The van der Waals surface area contributed by atoms with Gasteiger partial charge in [0, 0.05) is 25.5 Å². The van der Waals surface area contributed by atoms with Crippen molar-refractivity contribution in [3.63, 3.8) is 0 Å². The van der Waals surface area contributed by atoms with Crippen molar-refractivity contribution in [2.24, 2.45) is 11.8 Å². The van der Waals surface area contributed by atoms with Crippen molar-refractivity contribution in [3.05, 3.63) is 12.2 Å². The fourth-order valence-electron chi connectivity index (χ4n) is 1.49. The molecular formula is C12H18O3. The standard InChI is InChI=1S/C12H18O3/c1-2-3-4-5-10-9(8-12(14)15)6-7-11(10)13/h3-4,9-10H,2,5-8H2,1H3,(H,14,15)/b4-3+/i7D2,8D2,10D. The lowest BCUT2D eigenvalue weighted by Crippen LogP contribution is -2.17. The lowest BCUT2D eigenvalue weighted by molar-refractivity contribution is -0.138. The Bertz CT molecular complexity index is 446. The molecule has 1 rings (SSSR count). The Hall–Kier alpha value is -1.12. The van der Waals surface area contributed by atoms with Crippen molar-refractivity contribution in [1.82, 2.24) is 0 Å². The summed E-state index contributed by atoms with van der Waals surface area (Å²) in [5.74, 6) is -6.42. The van der Waals surface area contributed by atoms with Crippen LogP contribution in [0.5, 0.6) is 0 Å². The van der Waals surface area contributed by atoms with Crippen molar-refractivity contribution in [2.75, 3.05) is 0 Å². The molecule has 0 spiro atoms. The second-order valence-corrected chi connectivity index (χ2v) is 3.32. The molecule has 0 amide bonds. The van der Waals surface area contributed by atoms with E-state index >= 15 is 0 Å². The zero-order valence-corrected chi connectivity index (χ0v) is 8.62. The van der Waals surface area contributed by atoms with E-state index in [1.54, 1.807) is 6.08 Å². The summed E-state index contributed by atoms with van der Waals surface area (Å²) in [6, 6.07) is 0. The van der Waals surface area contributed by atoms with Crippen molar-refractivity contribution in [3.8, 4) is 0 Å². The van der Waals surface area contributed by atoms with E-state index < -0.39 is 42.7 Å². The van der Waals surface area contributed by atoms with Crippen molar-refractivity contribution >= 4 is 11.8 Å². The van der Waals surface area contributed by atoms with Gasteiger partial charge in [-0.15, -0.1) is 0 Å². The predicted octanol–water partition coefficient (Wildman–Crippen LogP) is 2.41. The van der Waals surface area contributed by atoms with E-state index in [1.807, 2.05) is 6.92 Å². The van der Waals surface area contributed by atoms with Gasteiger partial charge in [-0.1, -0.05) is 19.1 Å². The van der Waals surface area contributed by atoms with Crippen LogP contribution in [0.4, 0.5) is 0 Å². The van der Waals surface area contributed by atoms with Gasteiger partial charge in [-0.2, -0.15) is 0 Å². The maximum atomic E-state index is 12.1. The minimum Gasteiger partial charge on any atom is -0.481 e. The van der Waals surface area contributed by atoms with Crippen LogP contribution in [-0.4, -0.2) is 16.9 Å². The largest absolute Gasteiger partial charge is 0.481 e. The van der Waals surface area contributed by atoms with Gasteiger partial charge in [-0.05, 0) is 25.2 Å². The van der Waals surface area contributed by atoms with Crippen LogP contribution in [0.3, 0.4) is 0 Å². The highest BCUT2D eigenvalue weighted by atomic mass is 16.4. The summed E-state index contributed by atoms with van der Waals surface area (Å²) < 4.78 is 38.5. The number of rotatable bonds is 5. The monoisotopic (exact) mass is 215 g/mol. The quantitative estimate of drug-likeness (QED) is 0.716. The zero-order chi connectivity index (χ0) is 15.8. The molecule has 0 aromatic rings. The van der Waals surface area contributed by atoms with E-state index in [0.29, 0.717) is 6.42 Å². The van der Waals surface area contributed by atoms with Gasteiger partial charge in [0.05, 0.1) is 0 Å². The Kier molecular flexibility index (Phi) is 2.45. The molecule has 0 radical (unpaired) electrons. The van der Waals surface area contributed by atoms with E-state index in [1.165, 1.54) is 6.08 Å². The average molecular weight is 215 g/mol. The Labute approximate surface area is 97.2 Å². The average Bonchev–Trinajstić information content (AvgIpc) is 2.51. The first-order valence-electron chi connectivity index (χ1n) is 7.43. The lowest BCUT2D eigenvalue weighted by Gasteiger charge is -2.14. The van der Waals surface area contributed by atoms with Gasteiger partial charge in [-0.25, -0.2) is 0 Å². The predicted molar refractivity (Wildman–Crippen MR) is 57.5 cm³/mol. The normalized spacial score (nSPS) is 40.5. The van der Waals surface area contributed by atoms with Crippen molar-refractivity contribution in [1.29, 1.82) is 0 Å². The molecule has 0 bridgehead atoms. The van der Waals surface area contributed by atoms with Crippen LogP contribution in [0, 0.1) is 11.8 Å². The van der Waals surface area contributed by atoms with E-state index in [0.717, 1.165) is 0 Å². The van der Waals surface area contributed by atoms with E-state index in [4.69, 9.17) is 12.0 Å². The van der Waals surface area contributed by atoms with Crippen LogP contribution in [-0.2, 0) is 9.59 Å². The number of carboxylic acid groups (broad SMARTS) is 1. The summed E-state index contributed by atoms with van der Waals surface area (Å²) in [5, 5.41) is 8.95. The second kappa shape index (κ2) is 5.69. The number of carboxylic acids is 1. The zero-order valence-electron chi connectivity index (χ0n) is 13.6. The number of hydrogen-bond donors (Lipinski definition) is 1. The molecule has 0 aromatic heterocycles. The van der Waals surface area contributed by atoms with Crippen LogP contribution in [0.2, 0.25) is 0 Å². The van der Waals surface area contributed by atoms with Gasteiger partial charge in [-0.3, -0.25) is 9.59 Å². The van der Waals surface area contributed by atoms with E-state index in [-0.39, 0.29) is 6.42 Å². The fraction of sp³-hybridized carbons (Fsp3) is 0.667. The molecule has 1 aliphatic rings. The molecule has 1 fully saturated rings. The molecule has 1 saturated carbocycles. The summed E-state index contributed by atoms with van der Waals surface area (Å²) in [7, 11) is 0. The Morgan fingerprint density at radius 3 is 3.13 bits per heavy atom. The maximum absolute atomic E-state index is 12.1. The van der Waals surface area contributed by atoms with Gasteiger partial charge in [0.2, 0.25) is 0 Å². The molecule has 0 saturated heterocycles. The number of ketones is 1. The molecular weight excluding hydrogens is 192 g/mol. The number of aliphatic carboxylic acids is 1. The highest BCUT2D eigenvalue weighted by Crippen LogP contribution is 2.33. The first-order valence-corrected chi connectivity index (χ1v) is 4.93. The van der Waals surface area contributed by atoms with Crippen LogP contribution < -0.4 is 0 Å². The molecule has 3 heteroatoms. The fourth-order valence-corrected chi connectivity index (χ4v) is 1.49. The summed E-state index contributed by atoms with van der Waals surface area (Å²) in [6.45, 7) is 1.84. The topological polar surface area (TPSA) is 54.4 Å². The third-order valence-corrected chi connectivity index (χ3v) is 2.22. The van der Waals surface area contributed by atoms with Gasteiger partial charge in [0.15, 0.2) is 0 Å². The summed E-state index contributed by atoms with van der Waals surface area (Å²) >= 11 is 0. The molecule has 0 heterocycles. The first-order chi connectivity index (χ1) is 9.00. The molecule has 1 aliphatic carbocycles. The third kappa shape index (κ3) is 3.50. The minimum absolute atomic E-state index is 0.184. The highest BCUT2D eigenvalue weighted by Gasteiger charge is 2.34. The molecule has 2 atom stereocenters. The van der Waals surface area contributed by atoms with Gasteiger partial charge >= 0.3 is 5.97 Å². The highest BCUT2D eigenvalue weighted by molar-refractivity contribution is 5.84. The number of allylic oxidation sites excluding steroid dienone is 2. The van der Waals surface area contributed by atoms with Gasteiger partial charge in [0.1, 0.15) is 5.78 Å². The van der Waals surface area contributed by atoms with Gasteiger partial charge in [0.25, 0.3) is 0 Å². The molecule has 0 aliphatic heterocycles. The van der Waals surface area contributed by atoms with Crippen LogP contribution in [0.25, 0.3) is 0 Å². The molecule has 1 N–H and O–H groups in total. The molecule has 3 nitrogen and oxygen atoms in total. The van der Waals surface area contributed by atoms with E-state index in [2.05, 4.69) is 0 Å². The summed E-state index contributed by atoms with van der Waals surface area (Å²) in [4.78, 5) is 23.1. The number of Topliss-reactive ketones (excluding diaryl/α,β-unsaturated/α-hetero) is 1. The summed E-state index contributed by atoms with van der Waals surface area (Å²) in [6.07, 6.45) is -2.10. The van der Waals surface area contributed by atoms with E-state index in [9.17, 15) is 9.59 Å². The van der Waals surface area contributed by atoms with Crippen LogP contribution >= 0.6 is 0 Å². The number of carbonyl (C=O) groups is 2. The molecule has 84 valence electrons. The molecule has 2 unspecified atom stereocenters. The third-order valence-electron chi connectivity index (χ3n) is 2.22.